The van der Waals surface area contributed by atoms with Crippen LogP contribution in [0.1, 0.15) is 63.1 Å². The smallest absolute Gasteiger partial charge is 0.135 e. The van der Waals surface area contributed by atoms with Crippen molar-refractivity contribution in [3.8, 4) is 0 Å². The van der Waals surface area contributed by atoms with Gasteiger partial charge in [-0.2, -0.15) is 0 Å². The Morgan fingerprint density at radius 1 is 1.14 bits per heavy atom. The van der Waals surface area contributed by atoms with Crippen LogP contribution in [0.25, 0.3) is 0 Å². The van der Waals surface area contributed by atoms with Crippen molar-refractivity contribution in [2.45, 2.75) is 65.1 Å². The summed E-state index contributed by atoms with van der Waals surface area (Å²) in [4.78, 5) is 11.7. The molecule has 0 radical (unpaired) electrons. The molecular weight excluding hydrogens is 352 g/mol. The number of aliphatic hydroxyl groups is 2. The van der Waals surface area contributed by atoms with Crippen LogP contribution in [0, 0.1) is 0 Å². The second kappa shape index (κ2) is 8.05. The molecule has 0 fully saturated rings. The summed E-state index contributed by atoms with van der Waals surface area (Å²) in [6.07, 6.45) is 0.913. The van der Waals surface area contributed by atoms with Crippen molar-refractivity contribution < 1.29 is 10.2 Å². The van der Waals surface area contributed by atoms with Crippen molar-refractivity contribution in [2.75, 3.05) is 23.4 Å². The molecule has 0 bridgehead atoms. The third-order valence-electron chi connectivity index (χ3n) is 5.16. The van der Waals surface area contributed by atoms with Crippen LogP contribution in [-0.2, 0) is 18.6 Å². The topological polar surface area (TPSA) is 81.5 Å². The van der Waals surface area contributed by atoms with Crippen LogP contribution >= 0.6 is 0 Å². The van der Waals surface area contributed by atoms with Gasteiger partial charge in [0.25, 0.3) is 0 Å². The predicted octanol–water partition coefficient (Wildman–Crippen LogP) is 3.18. The van der Waals surface area contributed by atoms with Crippen LogP contribution in [0.2, 0.25) is 0 Å². The Morgan fingerprint density at radius 2 is 1.89 bits per heavy atom. The molecule has 3 rings (SSSR count). The number of rotatable bonds is 6. The summed E-state index contributed by atoms with van der Waals surface area (Å²) in [5.74, 6) is 2.67. The summed E-state index contributed by atoms with van der Waals surface area (Å²) in [5, 5.41) is 22.9. The summed E-state index contributed by atoms with van der Waals surface area (Å²) < 4.78 is 0. The third kappa shape index (κ3) is 4.62. The molecule has 1 aliphatic rings. The molecule has 6 nitrogen and oxygen atoms in total. The van der Waals surface area contributed by atoms with Crippen molar-refractivity contribution in [3.63, 3.8) is 0 Å². The van der Waals surface area contributed by atoms with Crippen LogP contribution in [0.4, 0.5) is 11.6 Å². The zero-order valence-electron chi connectivity index (χ0n) is 17.5. The fourth-order valence-electron chi connectivity index (χ4n) is 3.37. The minimum Gasteiger partial charge on any atom is -0.394 e. The minimum absolute atomic E-state index is 0.0526. The maximum Gasteiger partial charge on any atom is 0.135 e. The zero-order chi connectivity index (χ0) is 20.5. The molecule has 3 N–H and O–H groups in total. The molecule has 2 aromatic rings. The van der Waals surface area contributed by atoms with E-state index in [1.54, 1.807) is 0 Å². The van der Waals surface area contributed by atoms with E-state index in [-0.39, 0.29) is 18.6 Å². The van der Waals surface area contributed by atoms with Crippen LogP contribution in [0.5, 0.6) is 0 Å². The highest BCUT2D eigenvalue weighted by Gasteiger charge is 2.23. The molecule has 152 valence electrons. The second-order valence-electron chi connectivity index (χ2n) is 8.57. The Kier molecular flexibility index (Phi) is 5.91. The highest BCUT2D eigenvalue weighted by atomic mass is 16.3. The number of benzene rings is 1. The lowest BCUT2D eigenvalue weighted by Gasteiger charge is -2.31. The van der Waals surface area contributed by atoms with E-state index < -0.39 is 5.60 Å². The van der Waals surface area contributed by atoms with Gasteiger partial charge in [0.2, 0.25) is 0 Å². The minimum atomic E-state index is -0.824. The SMILES string of the molecule is CC(C)c1nc(N[C@H](C)CO)cc(N2CCc3cc(C(C)(C)O)ccc3C2)n1. The van der Waals surface area contributed by atoms with Crippen LogP contribution in [0.15, 0.2) is 24.3 Å². The Morgan fingerprint density at radius 3 is 2.54 bits per heavy atom. The maximum absolute atomic E-state index is 10.3. The molecule has 0 saturated heterocycles. The van der Waals surface area contributed by atoms with E-state index >= 15 is 0 Å². The number of fused-ring (bicyclic) bond motifs is 1. The predicted molar refractivity (Wildman–Crippen MR) is 113 cm³/mol. The molecule has 1 aromatic heterocycles. The number of hydrogen-bond donors (Lipinski definition) is 3. The lowest BCUT2D eigenvalue weighted by Crippen LogP contribution is -2.32. The normalized spacial score (nSPS) is 15.5. The molecule has 0 unspecified atom stereocenters. The highest BCUT2D eigenvalue weighted by Crippen LogP contribution is 2.29. The number of nitrogens with zero attached hydrogens (tertiary/aromatic N) is 3. The van der Waals surface area contributed by atoms with Gasteiger partial charge in [-0.1, -0.05) is 32.0 Å². The number of aliphatic hydroxyl groups excluding tert-OH is 1. The molecule has 1 aliphatic heterocycles. The fraction of sp³-hybridized carbons (Fsp3) is 0.545. The highest BCUT2D eigenvalue weighted by molar-refractivity contribution is 5.52. The van der Waals surface area contributed by atoms with Crippen LogP contribution in [0.3, 0.4) is 0 Å². The van der Waals surface area contributed by atoms with Crippen LogP contribution < -0.4 is 10.2 Å². The van der Waals surface area contributed by atoms with Crippen molar-refractivity contribution in [1.82, 2.24) is 9.97 Å². The summed E-state index contributed by atoms with van der Waals surface area (Å²) in [6, 6.07) is 8.16. The van der Waals surface area contributed by atoms with Crippen molar-refractivity contribution in [1.29, 1.82) is 0 Å². The molecule has 1 atom stereocenters. The van der Waals surface area contributed by atoms with Gasteiger partial charge in [0.1, 0.15) is 17.5 Å². The number of aromatic nitrogens is 2. The van der Waals surface area contributed by atoms with Gasteiger partial charge in [-0.3, -0.25) is 0 Å². The lowest BCUT2D eigenvalue weighted by molar-refractivity contribution is 0.0785. The number of anilines is 2. The lowest BCUT2D eigenvalue weighted by atomic mass is 9.91. The summed E-state index contributed by atoms with van der Waals surface area (Å²) >= 11 is 0. The van der Waals surface area contributed by atoms with E-state index in [0.717, 1.165) is 42.5 Å². The quantitative estimate of drug-likeness (QED) is 0.710. The van der Waals surface area contributed by atoms with Gasteiger partial charge >= 0.3 is 0 Å². The number of nitrogens with one attached hydrogen (secondary N) is 1. The van der Waals surface area contributed by atoms with E-state index in [9.17, 15) is 10.2 Å². The van der Waals surface area contributed by atoms with Gasteiger partial charge in [-0.15, -0.1) is 0 Å². The Hall–Kier alpha value is -2.18. The fourth-order valence-corrected chi connectivity index (χ4v) is 3.37. The second-order valence-corrected chi connectivity index (χ2v) is 8.57. The molecule has 28 heavy (non-hydrogen) atoms. The Labute approximate surface area is 167 Å². The maximum atomic E-state index is 10.3. The van der Waals surface area contributed by atoms with Gasteiger partial charge in [0.15, 0.2) is 0 Å². The molecule has 0 saturated carbocycles. The van der Waals surface area contributed by atoms with Gasteiger partial charge < -0.3 is 20.4 Å². The number of hydrogen-bond acceptors (Lipinski definition) is 6. The molecule has 2 heterocycles. The van der Waals surface area contributed by atoms with Crippen LogP contribution in [-0.4, -0.2) is 39.4 Å². The van der Waals surface area contributed by atoms with E-state index in [1.165, 1.54) is 11.1 Å². The first-order chi connectivity index (χ1) is 13.2. The van der Waals surface area contributed by atoms with Crippen molar-refractivity contribution >= 4 is 11.6 Å². The molecule has 0 spiro atoms. The van der Waals surface area contributed by atoms with E-state index in [2.05, 4.69) is 41.2 Å². The zero-order valence-corrected chi connectivity index (χ0v) is 17.5. The largest absolute Gasteiger partial charge is 0.394 e. The third-order valence-corrected chi connectivity index (χ3v) is 5.16. The average molecular weight is 385 g/mol. The van der Waals surface area contributed by atoms with E-state index in [0.29, 0.717) is 0 Å². The van der Waals surface area contributed by atoms with E-state index in [4.69, 9.17) is 4.98 Å². The molecule has 1 aromatic carbocycles. The Balaban J connectivity index is 1.88. The standard InChI is InChI=1S/C22H32N4O2/c1-14(2)21-24-19(23-15(3)13-27)11-20(25-21)26-9-8-16-10-18(22(4,5)28)7-6-17(16)12-26/h6-7,10-11,14-15,27-28H,8-9,12-13H2,1-5H3,(H,23,24,25)/t15-/m1/s1. The monoisotopic (exact) mass is 384 g/mol. The molecule has 0 amide bonds. The first-order valence-electron chi connectivity index (χ1n) is 10.0. The van der Waals surface area contributed by atoms with Gasteiger partial charge in [0.05, 0.1) is 12.2 Å². The van der Waals surface area contributed by atoms with E-state index in [1.807, 2.05) is 32.9 Å². The Bertz CT molecular complexity index is 830. The van der Waals surface area contributed by atoms with Gasteiger partial charge in [-0.05, 0) is 43.9 Å². The average Bonchev–Trinajstić information content (AvgIpc) is 2.66. The molecule has 0 aliphatic carbocycles. The van der Waals surface area contributed by atoms with Crippen molar-refractivity contribution in [3.05, 3.63) is 46.8 Å². The first kappa shape index (κ1) is 20.6. The summed E-state index contributed by atoms with van der Waals surface area (Å²) in [6.45, 7) is 11.4. The molecular formula is C22H32N4O2. The first-order valence-corrected chi connectivity index (χ1v) is 10.0. The molecule has 6 heteroatoms. The summed E-state index contributed by atoms with van der Waals surface area (Å²) in [5.41, 5.74) is 2.69. The van der Waals surface area contributed by atoms with Gasteiger partial charge in [-0.25, -0.2) is 9.97 Å². The van der Waals surface area contributed by atoms with Crippen molar-refractivity contribution in [2.24, 2.45) is 0 Å². The summed E-state index contributed by atoms with van der Waals surface area (Å²) in [7, 11) is 0. The van der Waals surface area contributed by atoms with Gasteiger partial charge in [0, 0.05) is 31.1 Å².